The lowest BCUT2D eigenvalue weighted by molar-refractivity contribution is -0.138. The molecule has 0 radical (unpaired) electrons. The number of alkyl halides is 3. The quantitative estimate of drug-likeness (QED) is 0.296. The number of nitrogens with zero attached hydrogens (tertiary/aromatic N) is 2. The van der Waals surface area contributed by atoms with E-state index in [2.05, 4.69) is 11.4 Å². The van der Waals surface area contributed by atoms with E-state index in [-0.39, 0.29) is 30.4 Å². The maximum atomic E-state index is 13.7. The van der Waals surface area contributed by atoms with Gasteiger partial charge in [0.2, 0.25) is 11.8 Å². The van der Waals surface area contributed by atoms with Crippen LogP contribution in [0, 0.1) is 23.1 Å². The van der Waals surface area contributed by atoms with Gasteiger partial charge in [-0.15, -0.1) is 0 Å². The summed E-state index contributed by atoms with van der Waals surface area (Å²) in [5.74, 6) is -1.59. The van der Waals surface area contributed by atoms with E-state index in [0.717, 1.165) is 17.7 Å². The van der Waals surface area contributed by atoms with Crippen LogP contribution in [0.3, 0.4) is 0 Å². The normalized spacial score (nSPS) is 17.2. The van der Waals surface area contributed by atoms with E-state index in [4.69, 9.17) is 0 Å². The number of rotatable bonds is 10. The zero-order valence-corrected chi connectivity index (χ0v) is 21.7. The molecule has 1 saturated heterocycles. The van der Waals surface area contributed by atoms with Crippen molar-refractivity contribution in [3.63, 3.8) is 0 Å². The van der Waals surface area contributed by atoms with Gasteiger partial charge in [-0.05, 0) is 60.9 Å². The van der Waals surface area contributed by atoms with Gasteiger partial charge in [-0.3, -0.25) is 9.59 Å². The molecule has 0 aliphatic carbocycles. The highest BCUT2D eigenvalue weighted by Crippen LogP contribution is 2.37. The molecule has 5 nitrogen and oxygen atoms in total. The number of hydrogen-bond donors (Lipinski definition) is 1. The van der Waals surface area contributed by atoms with Gasteiger partial charge in [0.15, 0.2) is 0 Å². The predicted octanol–water partition coefficient (Wildman–Crippen LogP) is 6.13. The van der Waals surface area contributed by atoms with E-state index in [1.54, 1.807) is 0 Å². The Morgan fingerprint density at radius 2 is 1.82 bits per heavy atom. The second-order valence-corrected chi connectivity index (χ2v) is 10.1. The van der Waals surface area contributed by atoms with E-state index in [0.29, 0.717) is 44.7 Å². The fourth-order valence-electron chi connectivity index (χ4n) is 5.14. The van der Waals surface area contributed by atoms with Crippen LogP contribution < -0.4 is 5.32 Å². The predicted molar refractivity (Wildman–Crippen MR) is 135 cm³/mol. The third-order valence-electron chi connectivity index (χ3n) is 7.31. The molecule has 3 rings (SSSR count). The molecule has 1 aliphatic heterocycles. The van der Waals surface area contributed by atoms with Crippen molar-refractivity contribution in [3.05, 3.63) is 71.0 Å². The molecule has 204 valence electrons. The number of unbranched alkanes of at least 4 members (excludes halogenated alkanes) is 1. The first-order chi connectivity index (χ1) is 18.0. The van der Waals surface area contributed by atoms with E-state index in [1.807, 2.05) is 44.2 Å². The number of hydrogen-bond acceptors (Lipinski definition) is 3. The number of nitriles is 1. The van der Waals surface area contributed by atoms with Crippen molar-refractivity contribution < 1.29 is 27.2 Å². The minimum Gasteiger partial charge on any atom is -0.350 e. The average molecular weight is 532 g/mol. The molecule has 1 N–H and O–H groups in total. The number of halogens is 4. The van der Waals surface area contributed by atoms with E-state index in [1.165, 1.54) is 4.90 Å². The molecule has 2 aromatic rings. The second-order valence-electron chi connectivity index (χ2n) is 10.1. The Bertz CT molecular complexity index is 1160. The Balaban J connectivity index is 1.54. The topological polar surface area (TPSA) is 73.2 Å². The summed E-state index contributed by atoms with van der Waals surface area (Å²) in [5.41, 5.74) is -0.820. The summed E-state index contributed by atoms with van der Waals surface area (Å²) in [7, 11) is 0. The van der Waals surface area contributed by atoms with Crippen LogP contribution in [0.5, 0.6) is 0 Å². The smallest absolute Gasteiger partial charge is 0.350 e. The summed E-state index contributed by atoms with van der Waals surface area (Å²) < 4.78 is 52.5. The molecule has 1 heterocycles. The molecule has 9 heteroatoms. The van der Waals surface area contributed by atoms with Crippen LogP contribution in [-0.2, 0) is 27.7 Å². The van der Waals surface area contributed by atoms with Gasteiger partial charge in [0.1, 0.15) is 11.9 Å². The molecule has 2 aromatic carbocycles. The van der Waals surface area contributed by atoms with E-state index >= 15 is 0 Å². The molecular formula is C29H33F4N3O2. The first kappa shape index (κ1) is 29.2. The van der Waals surface area contributed by atoms with Crippen LogP contribution in [0.15, 0.2) is 48.5 Å². The van der Waals surface area contributed by atoms with Gasteiger partial charge in [0.05, 0.1) is 17.0 Å². The molecule has 1 unspecified atom stereocenters. The number of nitrogens with one attached hydrogen (secondary N) is 1. The number of benzene rings is 2. The van der Waals surface area contributed by atoms with Gasteiger partial charge >= 0.3 is 6.18 Å². The molecule has 38 heavy (non-hydrogen) atoms. The Labute approximate surface area is 220 Å². The van der Waals surface area contributed by atoms with Crippen molar-refractivity contribution in [2.45, 2.75) is 76.6 Å². The maximum absolute atomic E-state index is 13.7. The Morgan fingerprint density at radius 3 is 2.45 bits per heavy atom. The largest absolute Gasteiger partial charge is 0.416 e. The lowest BCUT2D eigenvalue weighted by atomic mass is 9.69. The summed E-state index contributed by atoms with van der Waals surface area (Å²) in [6, 6.07) is 13.6. The highest BCUT2D eigenvalue weighted by atomic mass is 19.4. The van der Waals surface area contributed by atoms with Gasteiger partial charge < -0.3 is 10.2 Å². The number of amides is 2. The van der Waals surface area contributed by atoms with E-state index in [9.17, 15) is 32.4 Å². The summed E-state index contributed by atoms with van der Waals surface area (Å²) in [4.78, 5) is 27.2. The fourth-order valence-corrected chi connectivity index (χ4v) is 5.14. The van der Waals surface area contributed by atoms with Crippen LogP contribution in [0.25, 0.3) is 0 Å². The van der Waals surface area contributed by atoms with Crippen LogP contribution in [0.1, 0.15) is 69.1 Å². The molecule has 0 aromatic heterocycles. The maximum Gasteiger partial charge on any atom is 0.416 e. The van der Waals surface area contributed by atoms with Gasteiger partial charge in [-0.1, -0.05) is 50.6 Å². The molecule has 1 fully saturated rings. The van der Waals surface area contributed by atoms with Gasteiger partial charge in [0.25, 0.3) is 0 Å². The molecule has 0 saturated carbocycles. The number of carbonyl (C=O) groups excluding carboxylic acids is 2. The van der Waals surface area contributed by atoms with Crippen molar-refractivity contribution in [2.75, 3.05) is 6.54 Å². The monoisotopic (exact) mass is 531 g/mol. The SMILES string of the molecule is CC(C)C(C#N)(CCCCC(=O)N1CCC[C@@H]1C(=O)NCc1cc(F)cc(C(F)(F)F)c1)c1ccccc1. The highest BCUT2D eigenvalue weighted by molar-refractivity contribution is 5.88. The van der Waals surface area contributed by atoms with Crippen LogP contribution >= 0.6 is 0 Å². The van der Waals surface area contributed by atoms with Crippen LogP contribution in [0.2, 0.25) is 0 Å². The third kappa shape index (κ3) is 6.91. The Kier molecular flexibility index (Phi) is 9.53. The summed E-state index contributed by atoms with van der Waals surface area (Å²) in [6.07, 6.45) is -1.53. The minimum atomic E-state index is -4.70. The van der Waals surface area contributed by atoms with Crippen molar-refractivity contribution >= 4 is 11.8 Å². The minimum absolute atomic E-state index is 0.00825. The Hall–Kier alpha value is -3.41. The van der Waals surface area contributed by atoms with Gasteiger partial charge in [-0.25, -0.2) is 4.39 Å². The van der Waals surface area contributed by atoms with E-state index < -0.39 is 34.9 Å². The standard InChI is InChI=1S/C29H33F4N3O2/c1-20(2)28(19-34,22-9-4-3-5-10-22)13-7-6-12-26(37)36-14-8-11-25(36)27(38)35-18-21-15-23(29(31,32)33)17-24(30)16-21/h3-5,9-10,15-17,20,25H,6-8,11-14,18H2,1-2H3,(H,35,38)/t25-,28?/m1/s1. The molecule has 0 spiro atoms. The molecular weight excluding hydrogens is 498 g/mol. The zero-order chi connectivity index (χ0) is 27.9. The lowest BCUT2D eigenvalue weighted by Gasteiger charge is -2.31. The van der Waals surface area contributed by atoms with Crippen LogP contribution in [0.4, 0.5) is 17.6 Å². The first-order valence-electron chi connectivity index (χ1n) is 12.9. The second kappa shape index (κ2) is 12.4. The molecule has 2 atom stereocenters. The van der Waals surface area contributed by atoms with Gasteiger partial charge in [-0.2, -0.15) is 18.4 Å². The fraction of sp³-hybridized carbons (Fsp3) is 0.483. The molecule has 2 amide bonds. The molecule has 1 aliphatic rings. The number of likely N-dealkylation sites (tertiary alicyclic amines) is 1. The summed E-state index contributed by atoms with van der Waals surface area (Å²) in [6.45, 7) is 4.18. The number of carbonyl (C=O) groups is 2. The zero-order valence-electron chi connectivity index (χ0n) is 21.7. The summed E-state index contributed by atoms with van der Waals surface area (Å²) >= 11 is 0. The average Bonchev–Trinajstić information content (AvgIpc) is 3.37. The Morgan fingerprint density at radius 1 is 1.11 bits per heavy atom. The third-order valence-corrected chi connectivity index (χ3v) is 7.31. The first-order valence-corrected chi connectivity index (χ1v) is 12.9. The lowest BCUT2D eigenvalue weighted by Crippen LogP contribution is -2.45. The molecule has 0 bridgehead atoms. The van der Waals surface area contributed by atoms with Gasteiger partial charge in [0, 0.05) is 19.5 Å². The van der Waals surface area contributed by atoms with Crippen molar-refractivity contribution in [1.82, 2.24) is 10.2 Å². The van der Waals surface area contributed by atoms with Crippen molar-refractivity contribution in [2.24, 2.45) is 5.92 Å². The van der Waals surface area contributed by atoms with Crippen LogP contribution in [-0.4, -0.2) is 29.3 Å². The highest BCUT2D eigenvalue weighted by Gasteiger charge is 2.37. The van der Waals surface area contributed by atoms with Crippen molar-refractivity contribution in [3.8, 4) is 6.07 Å². The van der Waals surface area contributed by atoms with Crippen molar-refractivity contribution in [1.29, 1.82) is 5.26 Å². The summed E-state index contributed by atoms with van der Waals surface area (Å²) in [5, 5.41) is 12.6.